The van der Waals surface area contributed by atoms with Crippen molar-refractivity contribution in [1.29, 1.82) is 0 Å². The van der Waals surface area contributed by atoms with Crippen molar-refractivity contribution in [2.75, 3.05) is 4.90 Å². The molecule has 1 unspecified atom stereocenters. The number of carbonyl (C=O) groups is 2. The molecule has 2 amide bonds. The number of aliphatic hydroxyl groups excluding tert-OH is 1. The molecule has 0 spiro atoms. The predicted molar refractivity (Wildman–Crippen MR) is 72.5 cm³/mol. The van der Waals surface area contributed by atoms with Crippen molar-refractivity contribution in [3.8, 4) is 0 Å². The number of imide groups is 1. The van der Waals surface area contributed by atoms with Crippen LogP contribution in [0.4, 0.5) is 5.69 Å². The standard InChI is InChI=1S/C15H12N2O3/c1-9(18)10-4-2-3-5-13(10)17-14(19)11-6-7-16-8-12(11)15(17)20/h2-9,18H,1H3. The van der Waals surface area contributed by atoms with Gasteiger partial charge in [-0.15, -0.1) is 0 Å². The van der Waals surface area contributed by atoms with Gasteiger partial charge >= 0.3 is 0 Å². The molecule has 1 aromatic carbocycles. The number of nitrogens with zero attached hydrogens (tertiary/aromatic N) is 2. The van der Waals surface area contributed by atoms with Crippen LogP contribution in [0, 0.1) is 0 Å². The van der Waals surface area contributed by atoms with Gasteiger partial charge in [-0.05, 0) is 19.1 Å². The van der Waals surface area contributed by atoms with Gasteiger partial charge in [0, 0.05) is 18.0 Å². The molecule has 1 atom stereocenters. The number of aliphatic hydroxyl groups is 1. The maximum absolute atomic E-state index is 12.4. The lowest BCUT2D eigenvalue weighted by molar-refractivity contribution is 0.0925. The van der Waals surface area contributed by atoms with E-state index < -0.39 is 12.0 Å². The minimum absolute atomic E-state index is 0.290. The highest BCUT2D eigenvalue weighted by Crippen LogP contribution is 2.32. The number of rotatable bonds is 2. The molecule has 1 aliphatic heterocycles. The lowest BCUT2D eigenvalue weighted by Gasteiger charge is -2.19. The van der Waals surface area contributed by atoms with E-state index in [0.29, 0.717) is 16.8 Å². The zero-order chi connectivity index (χ0) is 14.3. The van der Waals surface area contributed by atoms with Gasteiger partial charge in [-0.2, -0.15) is 0 Å². The van der Waals surface area contributed by atoms with Crippen LogP contribution < -0.4 is 4.90 Å². The number of hydrogen-bond acceptors (Lipinski definition) is 4. The molecule has 0 bridgehead atoms. The Kier molecular flexibility index (Phi) is 2.84. The number of pyridine rings is 1. The quantitative estimate of drug-likeness (QED) is 0.845. The Hall–Kier alpha value is -2.53. The third-order valence-electron chi connectivity index (χ3n) is 3.32. The first kappa shape index (κ1) is 12.5. The van der Waals surface area contributed by atoms with Crippen LogP contribution in [0.15, 0.2) is 42.7 Å². The molecule has 100 valence electrons. The fourth-order valence-electron chi connectivity index (χ4n) is 2.35. The van der Waals surface area contributed by atoms with E-state index >= 15 is 0 Å². The molecule has 20 heavy (non-hydrogen) atoms. The molecule has 1 N–H and O–H groups in total. The molecule has 5 nitrogen and oxygen atoms in total. The van der Waals surface area contributed by atoms with E-state index in [1.54, 1.807) is 31.2 Å². The smallest absolute Gasteiger partial charge is 0.267 e. The molecule has 1 aromatic heterocycles. The van der Waals surface area contributed by atoms with Crippen LogP contribution in [0.25, 0.3) is 0 Å². The maximum atomic E-state index is 12.4. The van der Waals surface area contributed by atoms with Gasteiger partial charge in [0.2, 0.25) is 0 Å². The van der Waals surface area contributed by atoms with E-state index in [0.717, 1.165) is 4.90 Å². The number of aromatic nitrogens is 1. The van der Waals surface area contributed by atoms with E-state index in [1.165, 1.54) is 18.5 Å². The number of benzene rings is 1. The minimum Gasteiger partial charge on any atom is -0.389 e. The molecule has 0 saturated heterocycles. The van der Waals surface area contributed by atoms with Gasteiger partial charge in [0.05, 0.1) is 22.9 Å². The topological polar surface area (TPSA) is 70.5 Å². The second-order valence-corrected chi connectivity index (χ2v) is 4.60. The van der Waals surface area contributed by atoms with Crippen molar-refractivity contribution >= 4 is 17.5 Å². The second-order valence-electron chi connectivity index (χ2n) is 4.60. The molecular weight excluding hydrogens is 256 g/mol. The van der Waals surface area contributed by atoms with Crippen LogP contribution in [0.3, 0.4) is 0 Å². The van der Waals surface area contributed by atoms with Crippen LogP contribution in [-0.4, -0.2) is 21.9 Å². The Balaban J connectivity index is 2.15. The molecule has 0 saturated carbocycles. The number of anilines is 1. The van der Waals surface area contributed by atoms with Crippen molar-refractivity contribution in [3.05, 3.63) is 59.4 Å². The number of hydrogen-bond donors (Lipinski definition) is 1. The van der Waals surface area contributed by atoms with Crippen molar-refractivity contribution in [2.45, 2.75) is 13.0 Å². The van der Waals surface area contributed by atoms with Crippen LogP contribution in [0.1, 0.15) is 39.3 Å². The predicted octanol–water partition coefficient (Wildman–Crippen LogP) is 1.94. The van der Waals surface area contributed by atoms with Gasteiger partial charge in [-0.1, -0.05) is 18.2 Å². The number of fused-ring (bicyclic) bond motifs is 1. The monoisotopic (exact) mass is 268 g/mol. The lowest BCUT2D eigenvalue weighted by atomic mass is 10.1. The molecule has 0 aliphatic carbocycles. The summed E-state index contributed by atoms with van der Waals surface area (Å²) in [6.07, 6.45) is 2.10. The van der Waals surface area contributed by atoms with Crippen molar-refractivity contribution in [1.82, 2.24) is 4.98 Å². The molecule has 0 fully saturated rings. The van der Waals surface area contributed by atoms with Gasteiger partial charge in [0.15, 0.2) is 0 Å². The largest absolute Gasteiger partial charge is 0.389 e. The summed E-state index contributed by atoms with van der Waals surface area (Å²) in [4.78, 5) is 29.7. The first-order chi connectivity index (χ1) is 9.61. The molecule has 5 heteroatoms. The third kappa shape index (κ3) is 1.71. The molecule has 0 radical (unpaired) electrons. The van der Waals surface area contributed by atoms with Gasteiger partial charge in [0.25, 0.3) is 11.8 Å². The zero-order valence-electron chi connectivity index (χ0n) is 10.8. The normalized spacial score (nSPS) is 15.4. The molecule has 2 heterocycles. The first-order valence-corrected chi connectivity index (χ1v) is 6.21. The Morgan fingerprint density at radius 1 is 1.10 bits per heavy atom. The van der Waals surface area contributed by atoms with Gasteiger partial charge in [0.1, 0.15) is 0 Å². The summed E-state index contributed by atoms with van der Waals surface area (Å²) in [5, 5.41) is 9.79. The molecule has 2 aromatic rings. The van der Waals surface area contributed by atoms with Crippen LogP contribution in [0.2, 0.25) is 0 Å². The highest BCUT2D eigenvalue weighted by atomic mass is 16.3. The maximum Gasteiger partial charge on any atom is 0.267 e. The van der Waals surface area contributed by atoms with Gasteiger partial charge < -0.3 is 5.11 Å². The fourth-order valence-corrected chi connectivity index (χ4v) is 2.35. The van der Waals surface area contributed by atoms with E-state index in [-0.39, 0.29) is 11.5 Å². The fraction of sp³-hybridized carbons (Fsp3) is 0.133. The van der Waals surface area contributed by atoms with E-state index in [2.05, 4.69) is 4.98 Å². The summed E-state index contributed by atoms with van der Waals surface area (Å²) in [6.45, 7) is 1.60. The number of carbonyl (C=O) groups excluding carboxylic acids is 2. The molecule has 3 rings (SSSR count). The van der Waals surface area contributed by atoms with Crippen LogP contribution >= 0.6 is 0 Å². The Morgan fingerprint density at radius 3 is 2.50 bits per heavy atom. The summed E-state index contributed by atoms with van der Waals surface area (Å²) in [7, 11) is 0. The Morgan fingerprint density at radius 2 is 1.80 bits per heavy atom. The van der Waals surface area contributed by atoms with E-state index in [1.807, 2.05) is 0 Å². The summed E-state index contributed by atoms with van der Waals surface area (Å²) < 4.78 is 0. The van der Waals surface area contributed by atoms with Crippen LogP contribution in [-0.2, 0) is 0 Å². The summed E-state index contributed by atoms with van der Waals surface area (Å²) in [5.41, 5.74) is 1.58. The second kappa shape index (κ2) is 4.54. The summed E-state index contributed by atoms with van der Waals surface area (Å²) in [5.74, 6) is -0.799. The van der Waals surface area contributed by atoms with Crippen molar-refractivity contribution < 1.29 is 14.7 Å². The lowest BCUT2D eigenvalue weighted by Crippen LogP contribution is -2.30. The summed E-state index contributed by atoms with van der Waals surface area (Å²) in [6, 6.07) is 8.35. The highest BCUT2D eigenvalue weighted by Gasteiger charge is 2.37. The third-order valence-corrected chi connectivity index (χ3v) is 3.32. The van der Waals surface area contributed by atoms with E-state index in [4.69, 9.17) is 0 Å². The average Bonchev–Trinajstić information content (AvgIpc) is 2.71. The summed E-state index contributed by atoms with van der Waals surface area (Å²) >= 11 is 0. The molecular formula is C15H12N2O3. The van der Waals surface area contributed by atoms with Gasteiger partial charge in [-0.25, -0.2) is 4.90 Å². The zero-order valence-corrected chi connectivity index (χ0v) is 10.8. The minimum atomic E-state index is -0.770. The SMILES string of the molecule is CC(O)c1ccccc1N1C(=O)c2ccncc2C1=O. The van der Waals surface area contributed by atoms with Crippen molar-refractivity contribution in [2.24, 2.45) is 0 Å². The van der Waals surface area contributed by atoms with Gasteiger partial charge in [-0.3, -0.25) is 14.6 Å². The Labute approximate surface area is 115 Å². The highest BCUT2D eigenvalue weighted by molar-refractivity contribution is 6.34. The molecule has 1 aliphatic rings. The Bertz CT molecular complexity index is 675. The number of amides is 2. The van der Waals surface area contributed by atoms with E-state index in [9.17, 15) is 14.7 Å². The average molecular weight is 268 g/mol. The first-order valence-electron chi connectivity index (χ1n) is 6.21. The van der Waals surface area contributed by atoms with Crippen LogP contribution in [0.5, 0.6) is 0 Å². The van der Waals surface area contributed by atoms with Crippen molar-refractivity contribution in [3.63, 3.8) is 0 Å². The number of para-hydroxylation sites is 1.